The number of rotatable bonds is 6. The third-order valence-corrected chi connectivity index (χ3v) is 5.52. The minimum absolute atomic E-state index is 0.0694. The number of amides is 1. The highest BCUT2D eigenvalue weighted by Gasteiger charge is 2.18. The first-order valence-electron chi connectivity index (χ1n) is 9.31. The van der Waals surface area contributed by atoms with Crippen molar-refractivity contribution in [3.05, 3.63) is 71.4 Å². The number of nitrogens with one attached hydrogen (secondary N) is 1. The molecule has 0 fully saturated rings. The zero-order chi connectivity index (χ0) is 20.2. The van der Waals surface area contributed by atoms with Crippen molar-refractivity contribution in [2.75, 3.05) is 5.32 Å². The number of hydrogen-bond donors (Lipinski definition) is 1. The van der Waals surface area contributed by atoms with Crippen molar-refractivity contribution in [2.24, 2.45) is 0 Å². The van der Waals surface area contributed by atoms with Gasteiger partial charge in [0.15, 0.2) is 5.13 Å². The fraction of sp³-hybridized carbons (Fsp3) is 0.182. The molecule has 1 N–H and O–H groups in total. The van der Waals surface area contributed by atoms with Crippen LogP contribution in [0.2, 0.25) is 0 Å². The third-order valence-electron chi connectivity index (χ3n) is 4.46. The maximum absolute atomic E-state index is 12.3. The molecule has 0 aliphatic rings. The van der Waals surface area contributed by atoms with Gasteiger partial charge in [-0.25, -0.2) is 4.98 Å². The number of hydrogen-bond acceptors (Lipinski definition) is 6. The zero-order valence-electron chi connectivity index (χ0n) is 16.2. The maximum atomic E-state index is 12.3. The SMILES string of the molecule is Cc1ccc(-c2noc(-c3sc(NC(=O)CCc4ccccc4)nc3C)n2)cc1. The molecule has 0 atom stereocenters. The second-order valence-electron chi connectivity index (χ2n) is 6.76. The summed E-state index contributed by atoms with van der Waals surface area (Å²) in [5.74, 6) is 0.863. The number of carbonyl (C=O) groups is 1. The molecule has 0 aliphatic carbocycles. The summed E-state index contributed by atoms with van der Waals surface area (Å²) in [4.78, 5) is 21.9. The number of benzene rings is 2. The summed E-state index contributed by atoms with van der Waals surface area (Å²) >= 11 is 1.33. The molecule has 0 aliphatic heterocycles. The van der Waals surface area contributed by atoms with Gasteiger partial charge in [-0.1, -0.05) is 76.7 Å². The first-order valence-corrected chi connectivity index (χ1v) is 10.1. The fourth-order valence-corrected chi connectivity index (χ4v) is 3.77. The van der Waals surface area contributed by atoms with E-state index in [1.54, 1.807) is 0 Å². The smallest absolute Gasteiger partial charge is 0.270 e. The Morgan fingerprint density at radius 3 is 2.55 bits per heavy atom. The minimum Gasteiger partial charge on any atom is -0.333 e. The van der Waals surface area contributed by atoms with Crippen molar-refractivity contribution >= 4 is 22.4 Å². The molecule has 146 valence electrons. The van der Waals surface area contributed by atoms with E-state index in [-0.39, 0.29) is 5.91 Å². The Morgan fingerprint density at radius 2 is 1.79 bits per heavy atom. The first-order chi connectivity index (χ1) is 14.1. The van der Waals surface area contributed by atoms with Gasteiger partial charge in [-0.05, 0) is 25.8 Å². The molecule has 4 aromatic rings. The van der Waals surface area contributed by atoms with E-state index in [4.69, 9.17) is 4.52 Å². The van der Waals surface area contributed by atoms with Crippen LogP contribution in [0.25, 0.3) is 22.2 Å². The van der Waals surface area contributed by atoms with Gasteiger partial charge >= 0.3 is 0 Å². The highest BCUT2D eigenvalue weighted by Crippen LogP contribution is 2.33. The lowest BCUT2D eigenvalue weighted by atomic mass is 10.1. The monoisotopic (exact) mass is 404 g/mol. The number of thiazole rings is 1. The van der Waals surface area contributed by atoms with Crippen molar-refractivity contribution in [2.45, 2.75) is 26.7 Å². The molecule has 0 bridgehead atoms. The second-order valence-corrected chi connectivity index (χ2v) is 7.76. The number of carbonyl (C=O) groups excluding carboxylic acids is 1. The molecular formula is C22H20N4O2S. The Labute approximate surface area is 172 Å². The van der Waals surface area contributed by atoms with E-state index in [1.165, 1.54) is 16.9 Å². The summed E-state index contributed by atoms with van der Waals surface area (Å²) in [5, 5.41) is 7.47. The average Bonchev–Trinajstić information content (AvgIpc) is 3.34. The molecule has 6 nitrogen and oxygen atoms in total. The Balaban J connectivity index is 1.44. The van der Waals surface area contributed by atoms with Crippen LogP contribution < -0.4 is 5.32 Å². The Morgan fingerprint density at radius 1 is 1.03 bits per heavy atom. The van der Waals surface area contributed by atoms with Crippen molar-refractivity contribution in [3.8, 4) is 22.2 Å². The van der Waals surface area contributed by atoms with E-state index in [2.05, 4.69) is 20.4 Å². The molecule has 1 amide bonds. The number of aryl methyl sites for hydroxylation is 3. The van der Waals surface area contributed by atoms with Gasteiger partial charge in [-0.2, -0.15) is 4.98 Å². The quantitative estimate of drug-likeness (QED) is 0.486. The second kappa shape index (κ2) is 8.36. The van der Waals surface area contributed by atoms with Gasteiger partial charge in [0.05, 0.1) is 5.69 Å². The molecular weight excluding hydrogens is 384 g/mol. The Bertz CT molecular complexity index is 1120. The van der Waals surface area contributed by atoms with E-state index >= 15 is 0 Å². The van der Waals surface area contributed by atoms with Crippen LogP contribution in [-0.2, 0) is 11.2 Å². The molecule has 29 heavy (non-hydrogen) atoms. The van der Waals surface area contributed by atoms with E-state index in [0.29, 0.717) is 29.7 Å². The molecule has 0 unspecified atom stereocenters. The summed E-state index contributed by atoms with van der Waals surface area (Å²) < 4.78 is 5.44. The highest BCUT2D eigenvalue weighted by molar-refractivity contribution is 7.19. The van der Waals surface area contributed by atoms with Crippen LogP contribution in [-0.4, -0.2) is 21.0 Å². The van der Waals surface area contributed by atoms with Gasteiger partial charge in [0.1, 0.15) is 4.88 Å². The van der Waals surface area contributed by atoms with Crippen LogP contribution in [0.15, 0.2) is 59.1 Å². The van der Waals surface area contributed by atoms with Crippen molar-refractivity contribution in [1.29, 1.82) is 0 Å². The van der Waals surface area contributed by atoms with Crippen LogP contribution in [0.5, 0.6) is 0 Å². The average molecular weight is 404 g/mol. The first kappa shape index (κ1) is 19.0. The van der Waals surface area contributed by atoms with Crippen molar-refractivity contribution in [3.63, 3.8) is 0 Å². The molecule has 2 aromatic carbocycles. The molecule has 2 heterocycles. The molecule has 0 saturated carbocycles. The molecule has 4 rings (SSSR count). The van der Waals surface area contributed by atoms with Gasteiger partial charge < -0.3 is 9.84 Å². The van der Waals surface area contributed by atoms with Crippen LogP contribution in [0.4, 0.5) is 5.13 Å². The number of anilines is 1. The largest absolute Gasteiger partial charge is 0.333 e. The van der Waals surface area contributed by atoms with Gasteiger partial charge in [-0.15, -0.1) is 0 Å². The van der Waals surface area contributed by atoms with Crippen molar-refractivity contribution < 1.29 is 9.32 Å². The summed E-state index contributed by atoms with van der Waals surface area (Å²) in [7, 11) is 0. The lowest BCUT2D eigenvalue weighted by molar-refractivity contribution is -0.116. The summed E-state index contributed by atoms with van der Waals surface area (Å²) in [5.41, 5.74) is 3.94. The van der Waals surface area contributed by atoms with Gasteiger partial charge in [0.25, 0.3) is 5.89 Å². The van der Waals surface area contributed by atoms with Crippen LogP contribution in [0, 0.1) is 13.8 Å². The summed E-state index contributed by atoms with van der Waals surface area (Å²) in [6.07, 6.45) is 1.09. The van der Waals surface area contributed by atoms with E-state index < -0.39 is 0 Å². The standard InChI is InChI=1S/C22H20N4O2S/c1-14-8-11-17(12-9-14)20-25-21(28-26-20)19-15(2)23-22(29-19)24-18(27)13-10-16-6-4-3-5-7-16/h3-9,11-12H,10,13H2,1-2H3,(H,23,24,27). The van der Waals surface area contributed by atoms with Crippen LogP contribution in [0.3, 0.4) is 0 Å². The fourth-order valence-electron chi connectivity index (χ4n) is 2.87. The predicted molar refractivity (Wildman–Crippen MR) is 114 cm³/mol. The molecule has 7 heteroatoms. The summed E-state index contributed by atoms with van der Waals surface area (Å²) in [6, 6.07) is 17.9. The number of aromatic nitrogens is 3. The normalized spacial score (nSPS) is 10.8. The van der Waals surface area contributed by atoms with Crippen LogP contribution in [0.1, 0.15) is 23.2 Å². The van der Waals surface area contributed by atoms with Crippen LogP contribution >= 0.6 is 11.3 Å². The van der Waals surface area contributed by atoms with E-state index in [9.17, 15) is 4.79 Å². The molecule has 2 aromatic heterocycles. The van der Waals surface area contributed by atoms with E-state index in [0.717, 1.165) is 21.7 Å². The molecule has 0 radical (unpaired) electrons. The summed E-state index contributed by atoms with van der Waals surface area (Å²) in [6.45, 7) is 3.89. The Kier molecular flexibility index (Phi) is 5.48. The van der Waals surface area contributed by atoms with Crippen molar-refractivity contribution in [1.82, 2.24) is 15.1 Å². The molecule has 0 spiro atoms. The minimum atomic E-state index is -0.0694. The topological polar surface area (TPSA) is 80.9 Å². The maximum Gasteiger partial charge on any atom is 0.270 e. The lowest BCUT2D eigenvalue weighted by Crippen LogP contribution is -2.12. The highest BCUT2D eigenvalue weighted by atomic mass is 32.1. The van der Waals surface area contributed by atoms with E-state index in [1.807, 2.05) is 68.4 Å². The third kappa shape index (κ3) is 4.57. The van der Waals surface area contributed by atoms with Gasteiger partial charge in [0, 0.05) is 12.0 Å². The van der Waals surface area contributed by atoms with Gasteiger partial charge in [0.2, 0.25) is 11.7 Å². The molecule has 0 saturated heterocycles. The lowest BCUT2D eigenvalue weighted by Gasteiger charge is -2.01. The Hall–Kier alpha value is -3.32. The number of nitrogens with zero attached hydrogens (tertiary/aromatic N) is 3. The zero-order valence-corrected chi connectivity index (χ0v) is 17.0. The van der Waals surface area contributed by atoms with Gasteiger partial charge in [-0.3, -0.25) is 4.79 Å². The predicted octanol–water partition coefficient (Wildman–Crippen LogP) is 5.05.